The van der Waals surface area contributed by atoms with Crippen molar-refractivity contribution in [2.24, 2.45) is 0 Å². The van der Waals surface area contributed by atoms with Gasteiger partial charge in [0.1, 0.15) is 5.75 Å². The van der Waals surface area contributed by atoms with Crippen LogP contribution in [0.15, 0.2) is 60.9 Å². The smallest absolute Gasteiger partial charge is 0.225 e. The van der Waals surface area contributed by atoms with Gasteiger partial charge in [0, 0.05) is 31.5 Å². The van der Waals surface area contributed by atoms with Crippen LogP contribution in [0.3, 0.4) is 0 Å². The first-order valence-corrected chi connectivity index (χ1v) is 9.47. The number of amides is 1. The molecule has 1 aliphatic rings. The van der Waals surface area contributed by atoms with E-state index >= 15 is 0 Å². The summed E-state index contributed by atoms with van der Waals surface area (Å²) >= 11 is 0. The standard InChI is InChI=1S/C21H23N5O2/c27-20(10-14-28-17-5-2-1-3-6-17)24-16-9-13-26(15-16)21-23-12-8-19(25-21)18-7-4-11-22-18/h1-8,11-12,16,22H,9-10,13-15H2,(H,24,27). The lowest BCUT2D eigenvalue weighted by Crippen LogP contribution is -2.37. The zero-order valence-electron chi connectivity index (χ0n) is 15.5. The van der Waals surface area contributed by atoms with Gasteiger partial charge in [0.2, 0.25) is 11.9 Å². The van der Waals surface area contributed by atoms with E-state index in [1.165, 1.54) is 0 Å². The summed E-state index contributed by atoms with van der Waals surface area (Å²) in [6.45, 7) is 1.90. The molecule has 3 heterocycles. The number of aromatic amines is 1. The van der Waals surface area contributed by atoms with Crippen LogP contribution in [0.5, 0.6) is 5.75 Å². The van der Waals surface area contributed by atoms with E-state index in [9.17, 15) is 4.79 Å². The normalized spacial score (nSPS) is 16.1. The van der Waals surface area contributed by atoms with Crippen LogP contribution in [0.25, 0.3) is 11.4 Å². The van der Waals surface area contributed by atoms with E-state index in [1.54, 1.807) is 6.20 Å². The summed E-state index contributed by atoms with van der Waals surface area (Å²) in [6, 6.07) is 15.4. The minimum atomic E-state index is 0.00355. The average Bonchev–Trinajstić information content (AvgIpc) is 3.41. The van der Waals surface area contributed by atoms with Gasteiger partial charge in [-0.2, -0.15) is 0 Å². The third-order valence-electron chi connectivity index (χ3n) is 4.69. The Balaban J connectivity index is 1.26. The number of nitrogens with zero attached hydrogens (tertiary/aromatic N) is 3. The fourth-order valence-electron chi connectivity index (χ4n) is 3.28. The Morgan fingerprint density at radius 3 is 2.93 bits per heavy atom. The third kappa shape index (κ3) is 4.49. The van der Waals surface area contributed by atoms with Crippen molar-refractivity contribution in [3.63, 3.8) is 0 Å². The Labute approximate surface area is 163 Å². The van der Waals surface area contributed by atoms with E-state index < -0.39 is 0 Å². The van der Waals surface area contributed by atoms with Gasteiger partial charge in [0.05, 0.1) is 24.4 Å². The second-order valence-electron chi connectivity index (χ2n) is 6.74. The molecule has 2 N–H and O–H groups in total. The van der Waals surface area contributed by atoms with Crippen LogP contribution in [0.1, 0.15) is 12.8 Å². The van der Waals surface area contributed by atoms with Crippen LogP contribution >= 0.6 is 0 Å². The number of anilines is 1. The third-order valence-corrected chi connectivity index (χ3v) is 4.69. The minimum Gasteiger partial charge on any atom is -0.493 e. The highest BCUT2D eigenvalue weighted by Gasteiger charge is 2.25. The van der Waals surface area contributed by atoms with Crippen molar-refractivity contribution < 1.29 is 9.53 Å². The molecule has 4 rings (SSSR count). The van der Waals surface area contributed by atoms with Crippen LogP contribution in [0.2, 0.25) is 0 Å². The molecule has 1 aliphatic heterocycles. The Morgan fingerprint density at radius 1 is 1.21 bits per heavy atom. The van der Waals surface area contributed by atoms with Crippen molar-refractivity contribution in [1.29, 1.82) is 0 Å². The molecule has 1 atom stereocenters. The fraction of sp³-hybridized carbons (Fsp3) is 0.286. The highest BCUT2D eigenvalue weighted by Crippen LogP contribution is 2.20. The monoisotopic (exact) mass is 377 g/mol. The van der Waals surface area contributed by atoms with Crippen molar-refractivity contribution in [3.05, 3.63) is 60.9 Å². The van der Waals surface area contributed by atoms with Gasteiger partial charge in [-0.1, -0.05) is 18.2 Å². The topological polar surface area (TPSA) is 83.1 Å². The fourth-order valence-corrected chi connectivity index (χ4v) is 3.28. The molecule has 0 aliphatic carbocycles. The number of aromatic nitrogens is 3. The van der Waals surface area contributed by atoms with Gasteiger partial charge in [-0.3, -0.25) is 4.79 Å². The van der Waals surface area contributed by atoms with Gasteiger partial charge >= 0.3 is 0 Å². The molecule has 0 radical (unpaired) electrons. The zero-order valence-corrected chi connectivity index (χ0v) is 15.5. The van der Waals surface area contributed by atoms with Crippen LogP contribution < -0.4 is 15.0 Å². The number of carbonyl (C=O) groups excluding carboxylic acids is 1. The Bertz CT molecular complexity index is 898. The molecular weight excluding hydrogens is 354 g/mol. The maximum atomic E-state index is 12.2. The SMILES string of the molecule is O=C(CCOc1ccccc1)NC1CCN(c2nccc(-c3ccc[nH]3)n2)C1. The summed E-state index contributed by atoms with van der Waals surface area (Å²) in [5, 5.41) is 3.08. The molecule has 2 aromatic heterocycles. The first-order chi connectivity index (χ1) is 13.8. The van der Waals surface area contributed by atoms with E-state index in [4.69, 9.17) is 4.74 Å². The molecule has 0 saturated carbocycles. The Hall–Kier alpha value is -3.35. The molecule has 1 saturated heterocycles. The number of hydrogen-bond donors (Lipinski definition) is 2. The molecule has 1 amide bonds. The molecule has 1 fully saturated rings. The van der Waals surface area contributed by atoms with Crippen molar-refractivity contribution in [2.45, 2.75) is 18.9 Å². The van der Waals surface area contributed by atoms with Crippen LogP contribution in [-0.2, 0) is 4.79 Å². The molecule has 144 valence electrons. The molecule has 7 heteroatoms. The zero-order chi connectivity index (χ0) is 19.2. The molecule has 3 aromatic rings. The van der Waals surface area contributed by atoms with Crippen molar-refractivity contribution >= 4 is 11.9 Å². The molecular formula is C21H23N5O2. The first-order valence-electron chi connectivity index (χ1n) is 9.47. The number of benzene rings is 1. The molecule has 1 unspecified atom stereocenters. The lowest BCUT2D eigenvalue weighted by molar-refractivity contribution is -0.122. The van der Waals surface area contributed by atoms with Gasteiger partial charge in [-0.15, -0.1) is 0 Å². The van der Waals surface area contributed by atoms with Crippen molar-refractivity contribution in [1.82, 2.24) is 20.3 Å². The highest BCUT2D eigenvalue weighted by atomic mass is 16.5. The lowest BCUT2D eigenvalue weighted by Gasteiger charge is -2.17. The van der Waals surface area contributed by atoms with Crippen LogP contribution in [0, 0.1) is 0 Å². The number of carbonyl (C=O) groups is 1. The summed E-state index contributed by atoms with van der Waals surface area (Å²) in [6.07, 6.45) is 4.86. The quantitative estimate of drug-likeness (QED) is 0.661. The summed E-state index contributed by atoms with van der Waals surface area (Å²) in [7, 11) is 0. The summed E-state index contributed by atoms with van der Waals surface area (Å²) in [4.78, 5) is 26.5. The van der Waals surface area contributed by atoms with Crippen LogP contribution in [0.4, 0.5) is 5.95 Å². The van der Waals surface area contributed by atoms with Crippen molar-refractivity contribution in [3.8, 4) is 17.1 Å². The number of hydrogen-bond acceptors (Lipinski definition) is 5. The number of H-pyrrole nitrogens is 1. The number of nitrogens with one attached hydrogen (secondary N) is 2. The number of rotatable bonds is 7. The van der Waals surface area contributed by atoms with Crippen molar-refractivity contribution in [2.75, 3.05) is 24.6 Å². The average molecular weight is 377 g/mol. The predicted molar refractivity (Wildman–Crippen MR) is 107 cm³/mol. The molecule has 0 bridgehead atoms. The highest BCUT2D eigenvalue weighted by molar-refractivity contribution is 5.76. The first kappa shape index (κ1) is 18.0. The van der Waals surface area contributed by atoms with Gasteiger partial charge in [0.25, 0.3) is 0 Å². The van der Waals surface area contributed by atoms with E-state index in [0.717, 1.165) is 30.1 Å². The Kier molecular flexibility index (Phi) is 5.51. The molecule has 7 nitrogen and oxygen atoms in total. The largest absolute Gasteiger partial charge is 0.493 e. The maximum Gasteiger partial charge on any atom is 0.225 e. The summed E-state index contributed by atoms with van der Waals surface area (Å²) in [5.41, 5.74) is 1.83. The molecule has 0 spiro atoms. The van der Waals surface area contributed by atoms with Gasteiger partial charge in [-0.05, 0) is 36.8 Å². The van der Waals surface area contributed by atoms with Gasteiger partial charge in [-0.25, -0.2) is 9.97 Å². The molecule has 28 heavy (non-hydrogen) atoms. The van der Waals surface area contributed by atoms with E-state index in [-0.39, 0.29) is 11.9 Å². The van der Waals surface area contributed by atoms with E-state index in [0.29, 0.717) is 25.5 Å². The van der Waals surface area contributed by atoms with E-state index in [2.05, 4.69) is 25.2 Å². The Morgan fingerprint density at radius 2 is 2.11 bits per heavy atom. The second-order valence-corrected chi connectivity index (χ2v) is 6.74. The van der Waals surface area contributed by atoms with Gasteiger partial charge in [0.15, 0.2) is 0 Å². The number of ether oxygens (including phenoxy) is 1. The van der Waals surface area contributed by atoms with Crippen LogP contribution in [-0.4, -0.2) is 46.6 Å². The second kappa shape index (κ2) is 8.56. The lowest BCUT2D eigenvalue weighted by atomic mass is 10.2. The summed E-state index contributed by atoms with van der Waals surface area (Å²) in [5.74, 6) is 1.47. The number of para-hydroxylation sites is 1. The summed E-state index contributed by atoms with van der Waals surface area (Å²) < 4.78 is 5.59. The minimum absolute atomic E-state index is 0.00355. The molecule has 1 aromatic carbocycles. The predicted octanol–water partition coefficient (Wildman–Crippen LogP) is 2.64. The van der Waals surface area contributed by atoms with Gasteiger partial charge < -0.3 is 19.9 Å². The maximum absolute atomic E-state index is 12.2. The van der Waals surface area contributed by atoms with E-state index in [1.807, 2.05) is 54.7 Å².